The lowest BCUT2D eigenvalue weighted by molar-refractivity contribution is 0.133. The Kier molecular flexibility index (Phi) is 4.31. The summed E-state index contributed by atoms with van der Waals surface area (Å²) in [4.78, 5) is 16.6. The molecule has 0 saturated carbocycles. The molecule has 2 amide bonds. The summed E-state index contributed by atoms with van der Waals surface area (Å²) in [6.07, 6.45) is 8.66. The van der Waals surface area contributed by atoms with Gasteiger partial charge in [0.15, 0.2) is 0 Å². The van der Waals surface area contributed by atoms with Crippen LogP contribution in [-0.2, 0) is 0 Å². The number of hydrogen-bond acceptors (Lipinski definition) is 3. The Morgan fingerprint density at radius 3 is 2.24 bits per heavy atom. The van der Waals surface area contributed by atoms with E-state index in [9.17, 15) is 4.79 Å². The first-order valence-electron chi connectivity index (χ1n) is 8.08. The molecule has 2 fully saturated rings. The summed E-state index contributed by atoms with van der Waals surface area (Å²) < 4.78 is 1.95. The molecular formula is C15H25N5O. The van der Waals surface area contributed by atoms with Crippen molar-refractivity contribution in [1.29, 1.82) is 0 Å². The quantitative estimate of drug-likeness (QED) is 0.861. The standard InChI is InChI=1S/C15H25N5O/c16-14-7-12-20(17-14)13-5-10-19(11-6-13)15(21)18-8-3-1-2-4-9-18/h7,12-13H,1-6,8-11H2,(H2,16,17). The smallest absolute Gasteiger partial charge is 0.319 e. The minimum atomic E-state index is 0.232. The number of carbonyl (C=O) groups is 1. The second-order valence-corrected chi connectivity index (χ2v) is 6.12. The molecule has 21 heavy (non-hydrogen) atoms. The number of anilines is 1. The zero-order valence-electron chi connectivity index (χ0n) is 12.6. The summed E-state index contributed by atoms with van der Waals surface area (Å²) in [6.45, 7) is 3.49. The third-order valence-corrected chi connectivity index (χ3v) is 4.61. The molecule has 0 bridgehead atoms. The number of piperidine rings is 1. The number of aromatic nitrogens is 2. The van der Waals surface area contributed by atoms with E-state index in [0.29, 0.717) is 11.9 Å². The van der Waals surface area contributed by atoms with E-state index in [2.05, 4.69) is 5.10 Å². The number of likely N-dealkylation sites (tertiary alicyclic amines) is 2. The van der Waals surface area contributed by atoms with Gasteiger partial charge < -0.3 is 15.5 Å². The number of carbonyl (C=O) groups excluding carboxylic acids is 1. The number of nitrogens with zero attached hydrogens (tertiary/aromatic N) is 4. The van der Waals surface area contributed by atoms with Crippen LogP contribution in [0, 0.1) is 0 Å². The van der Waals surface area contributed by atoms with E-state index in [1.54, 1.807) is 0 Å². The van der Waals surface area contributed by atoms with Gasteiger partial charge in [-0.1, -0.05) is 12.8 Å². The van der Waals surface area contributed by atoms with Crippen LogP contribution in [0.1, 0.15) is 44.6 Å². The topological polar surface area (TPSA) is 67.4 Å². The fourth-order valence-corrected chi connectivity index (χ4v) is 3.34. The SMILES string of the molecule is Nc1ccn(C2CCN(C(=O)N3CCCCCC3)CC2)n1. The van der Waals surface area contributed by atoms with E-state index < -0.39 is 0 Å². The van der Waals surface area contributed by atoms with Crippen molar-refractivity contribution in [3.63, 3.8) is 0 Å². The van der Waals surface area contributed by atoms with Crippen molar-refractivity contribution in [2.45, 2.75) is 44.6 Å². The molecule has 2 aliphatic heterocycles. The van der Waals surface area contributed by atoms with Crippen LogP contribution in [0.4, 0.5) is 10.6 Å². The van der Waals surface area contributed by atoms with Crippen LogP contribution in [0.15, 0.2) is 12.3 Å². The van der Waals surface area contributed by atoms with Gasteiger partial charge >= 0.3 is 6.03 Å². The molecule has 2 N–H and O–H groups in total. The summed E-state index contributed by atoms with van der Waals surface area (Å²) in [7, 11) is 0. The minimum absolute atomic E-state index is 0.232. The van der Waals surface area contributed by atoms with Crippen molar-refractivity contribution in [1.82, 2.24) is 19.6 Å². The second-order valence-electron chi connectivity index (χ2n) is 6.12. The van der Waals surface area contributed by atoms with Crippen LogP contribution < -0.4 is 5.73 Å². The number of urea groups is 1. The highest BCUT2D eigenvalue weighted by Crippen LogP contribution is 2.23. The van der Waals surface area contributed by atoms with Crippen molar-refractivity contribution in [3.05, 3.63) is 12.3 Å². The first-order valence-corrected chi connectivity index (χ1v) is 8.08. The van der Waals surface area contributed by atoms with Crippen molar-refractivity contribution < 1.29 is 4.79 Å². The van der Waals surface area contributed by atoms with E-state index in [1.165, 1.54) is 12.8 Å². The van der Waals surface area contributed by atoms with Gasteiger partial charge in [0.2, 0.25) is 0 Å². The van der Waals surface area contributed by atoms with E-state index >= 15 is 0 Å². The first-order chi connectivity index (χ1) is 10.2. The minimum Gasteiger partial charge on any atom is -0.382 e. The monoisotopic (exact) mass is 291 g/mol. The first kappa shape index (κ1) is 14.2. The van der Waals surface area contributed by atoms with Crippen molar-refractivity contribution in [2.24, 2.45) is 0 Å². The van der Waals surface area contributed by atoms with Gasteiger partial charge in [-0.15, -0.1) is 0 Å². The Bertz CT molecular complexity index is 470. The molecule has 0 spiro atoms. The van der Waals surface area contributed by atoms with Gasteiger partial charge in [0, 0.05) is 32.4 Å². The Morgan fingerprint density at radius 2 is 1.67 bits per heavy atom. The highest BCUT2D eigenvalue weighted by molar-refractivity contribution is 5.74. The lowest BCUT2D eigenvalue weighted by Crippen LogP contribution is -2.47. The van der Waals surface area contributed by atoms with Crippen molar-refractivity contribution in [3.8, 4) is 0 Å². The lowest BCUT2D eigenvalue weighted by atomic mass is 10.1. The average Bonchev–Trinajstić information content (AvgIpc) is 2.77. The van der Waals surface area contributed by atoms with Crippen LogP contribution in [-0.4, -0.2) is 51.8 Å². The van der Waals surface area contributed by atoms with Gasteiger partial charge in [0.05, 0.1) is 6.04 Å². The molecule has 3 rings (SSSR count). The van der Waals surface area contributed by atoms with E-state index in [1.807, 2.05) is 26.7 Å². The zero-order valence-corrected chi connectivity index (χ0v) is 12.6. The Labute approximate surface area is 125 Å². The maximum atomic E-state index is 12.6. The molecular weight excluding hydrogens is 266 g/mol. The number of nitrogen functional groups attached to an aromatic ring is 1. The van der Waals surface area contributed by atoms with Gasteiger partial charge in [-0.2, -0.15) is 5.10 Å². The Hall–Kier alpha value is -1.72. The van der Waals surface area contributed by atoms with Crippen LogP contribution in [0.2, 0.25) is 0 Å². The largest absolute Gasteiger partial charge is 0.382 e. The van der Waals surface area contributed by atoms with Crippen LogP contribution in [0.3, 0.4) is 0 Å². The predicted octanol–water partition coefficient (Wildman–Crippen LogP) is 2.10. The molecule has 6 heteroatoms. The summed E-state index contributed by atoms with van der Waals surface area (Å²) in [5, 5.41) is 4.29. The molecule has 0 aromatic carbocycles. The maximum Gasteiger partial charge on any atom is 0.319 e. The van der Waals surface area contributed by atoms with E-state index in [0.717, 1.165) is 51.9 Å². The molecule has 116 valence electrons. The highest BCUT2D eigenvalue weighted by atomic mass is 16.2. The number of hydrogen-bond donors (Lipinski definition) is 1. The lowest BCUT2D eigenvalue weighted by Gasteiger charge is -2.35. The summed E-state index contributed by atoms with van der Waals surface area (Å²) in [5.41, 5.74) is 5.67. The number of nitrogens with two attached hydrogens (primary N) is 1. The normalized spacial score (nSPS) is 21.3. The summed E-state index contributed by atoms with van der Waals surface area (Å²) in [5.74, 6) is 0.568. The molecule has 2 aliphatic rings. The van der Waals surface area contributed by atoms with Crippen molar-refractivity contribution in [2.75, 3.05) is 31.9 Å². The molecule has 0 radical (unpaired) electrons. The third kappa shape index (κ3) is 3.31. The molecule has 0 atom stereocenters. The van der Waals surface area contributed by atoms with Crippen LogP contribution in [0.25, 0.3) is 0 Å². The molecule has 6 nitrogen and oxygen atoms in total. The van der Waals surface area contributed by atoms with E-state index in [-0.39, 0.29) is 6.03 Å². The third-order valence-electron chi connectivity index (χ3n) is 4.61. The molecule has 0 unspecified atom stereocenters. The predicted molar refractivity (Wildman–Crippen MR) is 81.9 cm³/mol. The number of rotatable bonds is 1. The average molecular weight is 291 g/mol. The summed E-state index contributed by atoms with van der Waals surface area (Å²) >= 11 is 0. The Balaban J connectivity index is 1.54. The van der Waals surface area contributed by atoms with Gasteiger partial charge in [-0.05, 0) is 31.7 Å². The fraction of sp³-hybridized carbons (Fsp3) is 0.733. The molecule has 3 heterocycles. The van der Waals surface area contributed by atoms with Crippen LogP contribution in [0.5, 0.6) is 0 Å². The van der Waals surface area contributed by atoms with Gasteiger partial charge in [0.1, 0.15) is 5.82 Å². The molecule has 1 aromatic heterocycles. The molecule has 2 saturated heterocycles. The summed E-state index contributed by atoms with van der Waals surface area (Å²) in [6, 6.07) is 2.43. The number of amides is 2. The van der Waals surface area contributed by atoms with Gasteiger partial charge in [-0.25, -0.2) is 4.79 Å². The molecule has 1 aromatic rings. The van der Waals surface area contributed by atoms with Crippen LogP contribution >= 0.6 is 0 Å². The molecule has 0 aliphatic carbocycles. The van der Waals surface area contributed by atoms with Gasteiger partial charge in [0.25, 0.3) is 0 Å². The van der Waals surface area contributed by atoms with Gasteiger partial charge in [-0.3, -0.25) is 4.68 Å². The van der Waals surface area contributed by atoms with Crippen molar-refractivity contribution >= 4 is 11.8 Å². The zero-order chi connectivity index (χ0) is 14.7. The Morgan fingerprint density at radius 1 is 1.05 bits per heavy atom. The fourth-order valence-electron chi connectivity index (χ4n) is 3.34. The maximum absolute atomic E-state index is 12.6. The van der Waals surface area contributed by atoms with E-state index in [4.69, 9.17) is 5.73 Å². The highest BCUT2D eigenvalue weighted by Gasteiger charge is 2.27. The second kappa shape index (κ2) is 6.37.